The smallest absolute Gasteiger partial charge is 0.273 e. The molecule has 190 valence electrons. The molecule has 0 spiro atoms. The number of morpholine rings is 1. The van der Waals surface area contributed by atoms with Crippen molar-refractivity contribution in [2.75, 3.05) is 46.0 Å². The van der Waals surface area contributed by atoms with Crippen molar-refractivity contribution in [3.8, 4) is 17.0 Å². The molecule has 1 amide bonds. The molecular formula is C29H36N4O3. The Morgan fingerprint density at radius 3 is 2.53 bits per heavy atom. The lowest BCUT2D eigenvalue weighted by Gasteiger charge is -2.29. The SMILES string of the molecule is CC(C)CCOc1ccc(C2c3c(-c4ccccc4)n[nH]c3C(=O)N2CCCN2CCOCC2)cc1. The molecule has 1 N–H and O–H groups in total. The van der Waals surface area contributed by atoms with E-state index < -0.39 is 0 Å². The predicted molar refractivity (Wildman–Crippen MR) is 140 cm³/mol. The molecule has 1 atom stereocenters. The molecule has 0 bridgehead atoms. The van der Waals surface area contributed by atoms with Gasteiger partial charge in [0.2, 0.25) is 0 Å². The number of carbonyl (C=O) groups is 1. The molecule has 3 aromatic rings. The van der Waals surface area contributed by atoms with E-state index in [1.807, 2.05) is 47.4 Å². The van der Waals surface area contributed by atoms with Gasteiger partial charge in [0.1, 0.15) is 11.4 Å². The van der Waals surface area contributed by atoms with E-state index in [1.165, 1.54) is 0 Å². The largest absolute Gasteiger partial charge is 0.494 e. The summed E-state index contributed by atoms with van der Waals surface area (Å²) in [4.78, 5) is 18.0. The van der Waals surface area contributed by atoms with E-state index >= 15 is 0 Å². The number of aromatic nitrogens is 2. The van der Waals surface area contributed by atoms with Crippen LogP contribution < -0.4 is 4.74 Å². The summed E-state index contributed by atoms with van der Waals surface area (Å²) in [5, 5.41) is 7.64. The lowest BCUT2D eigenvalue weighted by molar-refractivity contribution is 0.0354. The Morgan fingerprint density at radius 1 is 1.06 bits per heavy atom. The fourth-order valence-electron chi connectivity index (χ4n) is 5.04. The first-order valence-electron chi connectivity index (χ1n) is 13.1. The van der Waals surface area contributed by atoms with Crippen LogP contribution in [0, 0.1) is 5.92 Å². The van der Waals surface area contributed by atoms with Crippen molar-refractivity contribution in [1.82, 2.24) is 20.0 Å². The highest BCUT2D eigenvalue weighted by molar-refractivity contribution is 6.00. The third-order valence-electron chi connectivity index (χ3n) is 7.05. The lowest BCUT2D eigenvalue weighted by atomic mass is 9.96. The van der Waals surface area contributed by atoms with Crippen molar-refractivity contribution in [3.63, 3.8) is 0 Å². The summed E-state index contributed by atoms with van der Waals surface area (Å²) < 4.78 is 11.4. The van der Waals surface area contributed by atoms with Crippen LogP contribution >= 0.6 is 0 Å². The number of nitrogens with zero attached hydrogens (tertiary/aromatic N) is 3. The molecule has 3 heterocycles. The fourth-order valence-corrected chi connectivity index (χ4v) is 5.04. The zero-order valence-electron chi connectivity index (χ0n) is 21.3. The molecule has 0 saturated carbocycles. The molecule has 1 unspecified atom stereocenters. The van der Waals surface area contributed by atoms with Crippen LogP contribution in [0.3, 0.4) is 0 Å². The maximum Gasteiger partial charge on any atom is 0.273 e. The Kier molecular flexibility index (Phi) is 7.68. The van der Waals surface area contributed by atoms with Crippen molar-refractivity contribution in [1.29, 1.82) is 0 Å². The van der Waals surface area contributed by atoms with Crippen LogP contribution in [0.25, 0.3) is 11.3 Å². The highest BCUT2D eigenvalue weighted by Gasteiger charge is 2.41. The Labute approximate surface area is 213 Å². The van der Waals surface area contributed by atoms with Gasteiger partial charge in [-0.05, 0) is 36.5 Å². The number of rotatable bonds is 10. The molecule has 7 heteroatoms. The highest BCUT2D eigenvalue weighted by atomic mass is 16.5. The molecule has 0 radical (unpaired) electrons. The van der Waals surface area contributed by atoms with E-state index in [9.17, 15) is 4.79 Å². The van der Waals surface area contributed by atoms with Crippen molar-refractivity contribution in [2.24, 2.45) is 5.92 Å². The van der Waals surface area contributed by atoms with Crippen LogP contribution in [0.5, 0.6) is 5.75 Å². The number of benzene rings is 2. The maximum atomic E-state index is 13.6. The number of H-pyrrole nitrogens is 1. The van der Waals surface area contributed by atoms with Gasteiger partial charge in [0.15, 0.2) is 0 Å². The number of hydrogen-bond donors (Lipinski definition) is 1. The first kappa shape index (κ1) is 24.5. The fraction of sp³-hybridized carbons (Fsp3) is 0.448. The summed E-state index contributed by atoms with van der Waals surface area (Å²) in [6.45, 7) is 10.2. The van der Waals surface area contributed by atoms with Crippen molar-refractivity contribution >= 4 is 5.91 Å². The summed E-state index contributed by atoms with van der Waals surface area (Å²) in [7, 11) is 0. The molecule has 5 rings (SSSR count). The van der Waals surface area contributed by atoms with E-state index in [2.05, 4.69) is 41.1 Å². The number of ether oxygens (including phenoxy) is 2. The van der Waals surface area contributed by atoms with Gasteiger partial charge in [-0.3, -0.25) is 14.8 Å². The molecular weight excluding hydrogens is 452 g/mol. The Balaban J connectivity index is 1.40. The quantitative estimate of drug-likeness (QED) is 0.445. The minimum absolute atomic E-state index is 0.0175. The molecule has 2 aromatic carbocycles. The number of fused-ring (bicyclic) bond motifs is 1. The molecule has 1 aromatic heterocycles. The van der Waals surface area contributed by atoms with E-state index in [0.717, 1.165) is 73.8 Å². The van der Waals surface area contributed by atoms with Gasteiger partial charge in [-0.25, -0.2) is 0 Å². The Bertz CT molecular complexity index is 1140. The first-order valence-corrected chi connectivity index (χ1v) is 13.1. The first-order chi connectivity index (χ1) is 17.6. The van der Waals surface area contributed by atoms with Gasteiger partial charge < -0.3 is 14.4 Å². The summed E-state index contributed by atoms with van der Waals surface area (Å²) in [5.74, 6) is 1.48. The number of nitrogens with one attached hydrogen (secondary N) is 1. The zero-order valence-corrected chi connectivity index (χ0v) is 21.3. The van der Waals surface area contributed by atoms with Crippen LogP contribution in [-0.2, 0) is 4.74 Å². The maximum absolute atomic E-state index is 13.6. The van der Waals surface area contributed by atoms with Gasteiger partial charge >= 0.3 is 0 Å². The molecule has 7 nitrogen and oxygen atoms in total. The van der Waals surface area contributed by atoms with Crippen LogP contribution in [0.1, 0.15) is 54.3 Å². The number of amides is 1. The summed E-state index contributed by atoms with van der Waals surface area (Å²) in [6.07, 6.45) is 1.94. The molecule has 36 heavy (non-hydrogen) atoms. The Hall–Kier alpha value is -3.16. The predicted octanol–water partition coefficient (Wildman–Crippen LogP) is 4.77. The van der Waals surface area contributed by atoms with Crippen molar-refractivity contribution in [2.45, 2.75) is 32.7 Å². The average molecular weight is 489 g/mol. The van der Waals surface area contributed by atoms with Crippen molar-refractivity contribution in [3.05, 3.63) is 71.4 Å². The second-order valence-electron chi connectivity index (χ2n) is 10.0. The van der Waals surface area contributed by atoms with Crippen LogP contribution in [0.15, 0.2) is 54.6 Å². The van der Waals surface area contributed by atoms with Crippen LogP contribution in [-0.4, -0.2) is 71.9 Å². The van der Waals surface area contributed by atoms with Crippen LogP contribution in [0.4, 0.5) is 0 Å². The second-order valence-corrected chi connectivity index (χ2v) is 10.0. The molecule has 0 aliphatic carbocycles. The number of hydrogen-bond acceptors (Lipinski definition) is 5. The molecule has 1 fully saturated rings. The van der Waals surface area contributed by atoms with Gasteiger partial charge in [0.25, 0.3) is 5.91 Å². The number of aromatic amines is 1. The minimum atomic E-state index is -0.184. The van der Waals surface area contributed by atoms with E-state index in [0.29, 0.717) is 24.8 Å². The monoisotopic (exact) mass is 488 g/mol. The van der Waals surface area contributed by atoms with Gasteiger partial charge in [-0.15, -0.1) is 0 Å². The zero-order chi connectivity index (χ0) is 24.9. The van der Waals surface area contributed by atoms with Gasteiger partial charge in [-0.1, -0.05) is 56.3 Å². The summed E-state index contributed by atoms with van der Waals surface area (Å²) in [5.41, 5.74) is 4.49. The van der Waals surface area contributed by atoms with Crippen molar-refractivity contribution < 1.29 is 14.3 Å². The number of carbonyl (C=O) groups excluding carboxylic acids is 1. The lowest BCUT2D eigenvalue weighted by Crippen LogP contribution is -2.38. The van der Waals surface area contributed by atoms with E-state index in [4.69, 9.17) is 9.47 Å². The summed E-state index contributed by atoms with van der Waals surface area (Å²) >= 11 is 0. The van der Waals surface area contributed by atoms with E-state index in [-0.39, 0.29) is 11.9 Å². The Morgan fingerprint density at radius 2 is 1.81 bits per heavy atom. The average Bonchev–Trinajstić information content (AvgIpc) is 3.45. The third-order valence-corrected chi connectivity index (χ3v) is 7.05. The topological polar surface area (TPSA) is 70.7 Å². The molecule has 2 aliphatic rings. The third kappa shape index (κ3) is 5.32. The van der Waals surface area contributed by atoms with Crippen LogP contribution in [0.2, 0.25) is 0 Å². The second kappa shape index (κ2) is 11.3. The van der Waals surface area contributed by atoms with Gasteiger partial charge in [-0.2, -0.15) is 5.10 Å². The normalized spacial score (nSPS) is 18.1. The molecule has 1 saturated heterocycles. The van der Waals surface area contributed by atoms with Gasteiger partial charge in [0.05, 0.1) is 31.6 Å². The summed E-state index contributed by atoms with van der Waals surface area (Å²) in [6, 6.07) is 18.1. The standard InChI is InChI=1S/C29H36N4O3/c1-21(2)13-18-36-24-11-9-23(10-12-24)28-25-26(22-7-4-3-5-8-22)30-31-27(25)29(34)33(28)15-6-14-32-16-19-35-20-17-32/h3-5,7-12,21,28H,6,13-20H2,1-2H3,(H,30,31). The minimum Gasteiger partial charge on any atom is -0.494 e. The highest BCUT2D eigenvalue weighted by Crippen LogP contribution is 2.43. The van der Waals surface area contributed by atoms with Gasteiger partial charge in [0, 0.05) is 37.3 Å². The van der Waals surface area contributed by atoms with E-state index in [1.54, 1.807) is 0 Å². The molecule has 2 aliphatic heterocycles.